The molecule has 0 aromatic rings. The molecular formula is C13H27N2O+. The van der Waals surface area contributed by atoms with E-state index in [-0.39, 0.29) is 0 Å². The molecule has 0 aliphatic carbocycles. The number of unbranched alkanes of at least 4 members (excludes halogenated alkanes) is 3. The molecule has 0 bridgehead atoms. The SMILES string of the molecule is C[N+](C)(C)CCCCCCN1CCCC1=O. The maximum absolute atomic E-state index is 11.3. The van der Waals surface area contributed by atoms with Crippen LogP contribution in [0, 0.1) is 0 Å². The number of carbonyl (C=O) groups is 1. The number of likely N-dealkylation sites (tertiary alicyclic amines) is 1. The fourth-order valence-electron chi connectivity index (χ4n) is 2.18. The molecule has 3 heteroatoms. The van der Waals surface area contributed by atoms with Gasteiger partial charge in [-0.2, -0.15) is 0 Å². The van der Waals surface area contributed by atoms with Gasteiger partial charge in [-0.3, -0.25) is 4.79 Å². The molecule has 1 saturated heterocycles. The first-order valence-corrected chi connectivity index (χ1v) is 6.57. The van der Waals surface area contributed by atoms with Crippen LogP contribution in [0.2, 0.25) is 0 Å². The zero-order valence-corrected chi connectivity index (χ0v) is 11.2. The molecule has 94 valence electrons. The van der Waals surface area contributed by atoms with Crippen LogP contribution >= 0.6 is 0 Å². The van der Waals surface area contributed by atoms with Crippen LogP contribution in [0.5, 0.6) is 0 Å². The van der Waals surface area contributed by atoms with E-state index in [9.17, 15) is 4.79 Å². The molecule has 1 rings (SSSR count). The lowest BCUT2D eigenvalue weighted by atomic mass is 10.2. The molecule has 0 saturated carbocycles. The molecule has 0 atom stereocenters. The quantitative estimate of drug-likeness (QED) is 0.480. The highest BCUT2D eigenvalue weighted by atomic mass is 16.2. The third-order valence-electron chi connectivity index (χ3n) is 3.18. The first kappa shape index (κ1) is 13.5. The van der Waals surface area contributed by atoms with Crippen molar-refractivity contribution in [2.75, 3.05) is 40.8 Å². The van der Waals surface area contributed by atoms with E-state index in [4.69, 9.17) is 0 Å². The Bertz CT molecular complexity index is 220. The van der Waals surface area contributed by atoms with E-state index in [0.29, 0.717) is 5.91 Å². The van der Waals surface area contributed by atoms with E-state index in [1.807, 2.05) is 4.90 Å². The van der Waals surface area contributed by atoms with E-state index in [0.717, 1.165) is 30.4 Å². The highest BCUT2D eigenvalue weighted by Gasteiger charge is 2.18. The molecule has 1 aliphatic rings. The smallest absolute Gasteiger partial charge is 0.222 e. The predicted octanol–water partition coefficient (Wildman–Crippen LogP) is 1.88. The normalized spacial score (nSPS) is 17.2. The van der Waals surface area contributed by atoms with Crippen molar-refractivity contribution in [2.45, 2.75) is 38.5 Å². The summed E-state index contributed by atoms with van der Waals surface area (Å²) in [4.78, 5) is 13.4. The first-order valence-electron chi connectivity index (χ1n) is 6.57. The predicted molar refractivity (Wildman–Crippen MR) is 67.2 cm³/mol. The minimum Gasteiger partial charge on any atom is -0.343 e. The third kappa shape index (κ3) is 5.50. The number of carbonyl (C=O) groups excluding carboxylic acids is 1. The van der Waals surface area contributed by atoms with Gasteiger partial charge in [0.15, 0.2) is 0 Å². The Kier molecular flexibility index (Phi) is 5.26. The van der Waals surface area contributed by atoms with E-state index >= 15 is 0 Å². The maximum Gasteiger partial charge on any atom is 0.222 e. The van der Waals surface area contributed by atoms with Gasteiger partial charge in [0.1, 0.15) is 0 Å². The van der Waals surface area contributed by atoms with E-state index in [1.165, 1.54) is 32.2 Å². The van der Waals surface area contributed by atoms with Gasteiger partial charge >= 0.3 is 0 Å². The molecule has 0 aromatic carbocycles. The third-order valence-corrected chi connectivity index (χ3v) is 3.18. The lowest BCUT2D eigenvalue weighted by Crippen LogP contribution is -2.35. The van der Waals surface area contributed by atoms with Crippen LogP contribution in [-0.4, -0.2) is 56.1 Å². The van der Waals surface area contributed by atoms with Crippen LogP contribution in [0.15, 0.2) is 0 Å². The summed E-state index contributed by atoms with van der Waals surface area (Å²) >= 11 is 0. The number of rotatable bonds is 7. The highest BCUT2D eigenvalue weighted by Crippen LogP contribution is 2.11. The summed E-state index contributed by atoms with van der Waals surface area (Å²) in [6.45, 7) is 3.24. The monoisotopic (exact) mass is 227 g/mol. The Labute approximate surface area is 100 Å². The molecule has 1 amide bonds. The number of hydrogen-bond donors (Lipinski definition) is 0. The summed E-state index contributed by atoms with van der Waals surface area (Å²) < 4.78 is 1.06. The zero-order chi connectivity index (χ0) is 12.0. The Morgan fingerprint density at radius 3 is 2.38 bits per heavy atom. The molecule has 0 radical (unpaired) electrons. The average molecular weight is 227 g/mol. The van der Waals surface area contributed by atoms with Crippen molar-refractivity contribution >= 4 is 5.91 Å². The minimum absolute atomic E-state index is 0.367. The second-order valence-electron chi connectivity index (χ2n) is 5.91. The van der Waals surface area contributed by atoms with Crippen molar-refractivity contribution in [2.24, 2.45) is 0 Å². The molecule has 0 N–H and O–H groups in total. The average Bonchev–Trinajstić information content (AvgIpc) is 2.56. The first-order chi connectivity index (χ1) is 7.49. The van der Waals surface area contributed by atoms with E-state index < -0.39 is 0 Å². The molecule has 0 spiro atoms. The molecule has 0 unspecified atom stereocenters. The summed E-state index contributed by atoms with van der Waals surface area (Å²) in [6.07, 6.45) is 6.91. The van der Waals surface area contributed by atoms with Crippen molar-refractivity contribution in [1.29, 1.82) is 0 Å². The standard InChI is InChI=1S/C13H27N2O/c1-15(2,3)12-7-5-4-6-10-14-11-8-9-13(14)16/h4-12H2,1-3H3/q+1. The van der Waals surface area contributed by atoms with Gasteiger partial charge in [0.05, 0.1) is 27.7 Å². The van der Waals surface area contributed by atoms with E-state index in [1.54, 1.807) is 0 Å². The van der Waals surface area contributed by atoms with Gasteiger partial charge in [-0.15, -0.1) is 0 Å². The zero-order valence-electron chi connectivity index (χ0n) is 11.2. The van der Waals surface area contributed by atoms with E-state index in [2.05, 4.69) is 21.1 Å². The fourth-order valence-corrected chi connectivity index (χ4v) is 2.18. The van der Waals surface area contributed by atoms with Gasteiger partial charge in [0, 0.05) is 19.5 Å². The number of hydrogen-bond acceptors (Lipinski definition) is 1. The van der Waals surface area contributed by atoms with Crippen molar-refractivity contribution in [3.63, 3.8) is 0 Å². The summed E-state index contributed by atoms with van der Waals surface area (Å²) in [5.41, 5.74) is 0. The number of quaternary nitrogens is 1. The van der Waals surface area contributed by atoms with Crippen LogP contribution in [0.4, 0.5) is 0 Å². The molecule has 1 aliphatic heterocycles. The Hall–Kier alpha value is -0.570. The maximum atomic E-state index is 11.3. The summed E-state index contributed by atoms with van der Waals surface area (Å²) in [5.74, 6) is 0.367. The van der Waals surface area contributed by atoms with Crippen molar-refractivity contribution in [3.05, 3.63) is 0 Å². The Morgan fingerprint density at radius 2 is 1.81 bits per heavy atom. The lowest BCUT2D eigenvalue weighted by molar-refractivity contribution is -0.870. The number of nitrogens with zero attached hydrogens (tertiary/aromatic N) is 2. The van der Waals surface area contributed by atoms with Gasteiger partial charge in [-0.1, -0.05) is 6.42 Å². The van der Waals surface area contributed by atoms with Gasteiger partial charge in [-0.25, -0.2) is 0 Å². The van der Waals surface area contributed by atoms with Gasteiger partial charge in [0.25, 0.3) is 0 Å². The van der Waals surface area contributed by atoms with Crippen LogP contribution < -0.4 is 0 Å². The van der Waals surface area contributed by atoms with Gasteiger partial charge in [0.2, 0.25) is 5.91 Å². The lowest BCUT2D eigenvalue weighted by Gasteiger charge is -2.23. The number of amides is 1. The van der Waals surface area contributed by atoms with Crippen LogP contribution in [0.3, 0.4) is 0 Å². The summed E-state index contributed by atoms with van der Waals surface area (Å²) in [6, 6.07) is 0. The molecule has 3 nitrogen and oxygen atoms in total. The summed E-state index contributed by atoms with van der Waals surface area (Å²) in [5, 5.41) is 0. The molecule has 1 heterocycles. The molecule has 16 heavy (non-hydrogen) atoms. The van der Waals surface area contributed by atoms with Crippen LogP contribution in [-0.2, 0) is 4.79 Å². The fraction of sp³-hybridized carbons (Fsp3) is 0.923. The van der Waals surface area contributed by atoms with Crippen LogP contribution in [0.1, 0.15) is 38.5 Å². The minimum atomic E-state index is 0.367. The summed E-state index contributed by atoms with van der Waals surface area (Å²) in [7, 11) is 6.72. The highest BCUT2D eigenvalue weighted by molar-refractivity contribution is 5.77. The van der Waals surface area contributed by atoms with Crippen molar-refractivity contribution in [3.8, 4) is 0 Å². The Balaban J connectivity index is 1.94. The van der Waals surface area contributed by atoms with Gasteiger partial charge in [-0.05, 0) is 25.7 Å². The van der Waals surface area contributed by atoms with Crippen LogP contribution in [0.25, 0.3) is 0 Å². The topological polar surface area (TPSA) is 20.3 Å². The van der Waals surface area contributed by atoms with Crippen molar-refractivity contribution < 1.29 is 9.28 Å². The van der Waals surface area contributed by atoms with Crippen molar-refractivity contribution in [1.82, 2.24) is 4.90 Å². The Morgan fingerprint density at radius 1 is 1.12 bits per heavy atom. The molecule has 1 fully saturated rings. The largest absolute Gasteiger partial charge is 0.343 e. The second kappa shape index (κ2) is 6.24. The second-order valence-corrected chi connectivity index (χ2v) is 5.91. The van der Waals surface area contributed by atoms with Gasteiger partial charge < -0.3 is 9.38 Å². The molecule has 0 aromatic heterocycles. The molecular weight excluding hydrogens is 200 g/mol.